The zero-order valence-electron chi connectivity index (χ0n) is 12.3. The molecule has 1 aromatic carbocycles. The molecule has 21 heavy (non-hydrogen) atoms. The van der Waals surface area contributed by atoms with Gasteiger partial charge in [0.2, 0.25) is 0 Å². The molecule has 1 aliphatic carbocycles. The third-order valence-corrected chi connectivity index (χ3v) is 4.12. The Kier molecular flexibility index (Phi) is 4.18. The minimum Gasteiger partial charge on any atom is -0.459 e. The zero-order chi connectivity index (χ0) is 14.7. The second kappa shape index (κ2) is 6.24. The van der Waals surface area contributed by atoms with Crippen LogP contribution in [0.2, 0.25) is 0 Å². The van der Waals surface area contributed by atoms with Gasteiger partial charge in [0, 0.05) is 13.0 Å². The molecular formula is C16H20FN3O. The van der Waals surface area contributed by atoms with Crippen LogP contribution in [0.1, 0.15) is 49.4 Å². The smallest absolute Gasteiger partial charge is 0.317 e. The third kappa shape index (κ3) is 3.23. The van der Waals surface area contributed by atoms with E-state index in [1.165, 1.54) is 44.2 Å². The monoisotopic (exact) mass is 289 g/mol. The topological polar surface area (TPSA) is 39.9 Å². The fourth-order valence-electron chi connectivity index (χ4n) is 2.90. The molecule has 1 aliphatic rings. The summed E-state index contributed by atoms with van der Waals surface area (Å²) in [7, 11) is 1.95. The van der Waals surface area contributed by atoms with E-state index in [1.54, 1.807) is 12.1 Å². The molecule has 1 heterocycles. The van der Waals surface area contributed by atoms with Crippen molar-refractivity contribution in [2.75, 3.05) is 0 Å². The Balaban J connectivity index is 1.66. The Bertz CT molecular complexity index is 588. The summed E-state index contributed by atoms with van der Waals surface area (Å²) in [6.07, 6.45) is 6.22. The number of benzene rings is 1. The summed E-state index contributed by atoms with van der Waals surface area (Å²) in [5, 5.41) is 8.43. The van der Waals surface area contributed by atoms with E-state index >= 15 is 0 Å². The Morgan fingerprint density at radius 2 is 1.86 bits per heavy atom. The van der Waals surface area contributed by atoms with E-state index in [0.717, 1.165) is 11.4 Å². The van der Waals surface area contributed by atoms with Crippen molar-refractivity contribution in [2.24, 2.45) is 7.05 Å². The molecule has 1 aromatic heterocycles. The van der Waals surface area contributed by atoms with Gasteiger partial charge >= 0.3 is 6.01 Å². The molecule has 5 heteroatoms. The largest absolute Gasteiger partial charge is 0.459 e. The number of aromatic nitrogens is 3. The van der Waals surface area contributed by atoms with Crippen molar-refractivity contribution in [2.45, 2.75) is 44.6 Å². The van der Waals surface area contributed by atoms with Crippen molar-refractivity contribution < 1.29 is 9.13 Å². The van der Waals surface area contributed by atoms with Crippen LogP contribution in [-0.4, -0.2) is 14.8 Å². The minimum atomic E-state index is -0.239. The summed E-state index contributed by atoms with van der Waals surface area (Å²) in [5.41, 5.74) is 0.915. The van der Waals surface area contributed by atoms with Crippen LogP contribution < -0.4 is 4.74 Å². The van der Waals surface area contributed by atoms with Crippen LogP contribution in [-0.2, 0) is 13.7 Å². The Hall–Kier alpha value is -1.91. The molecule has 3 rings (SSSR count). The zero-order valence-corrected chi connectivity index (χ0v) is 12.3. The molecule has 2 aromatic rings. The Labute approximate surface area is 124 Å². The first-order chi connectivity index (χ1) is 10.2. The lowest BCUT2D eigenvalue weighted by Gasteiger charge is -2.20. The second-order valence-electron chi connectivity index (χ2n) is 5.65. The molecule has 0 atom stereocenters. The number of nitrogens with zero attached hydrogens (tertiary/aromatic N) is 3. The average Bonchev–Trinajstić information content (AvgIpc) is 2.89. The lowest BCUT2D eigenvalue weighted by molar-refractivity contribution is 0.268. The van der Waals surface area contributed by atoms with Crippen molar-refractivity contribution in [3.05, 3.63) is 41.5 Å². The number of hydrogen-bond donors (Lipinski definition) is 0. The van der Waals surface area contributed by atoms with Gasteiger partial charge in [0.15, 0.2) is 0 Å². The molecule has 0 amide bonds. The SMILES string of the molecule is Cn1c(OCc2ccc(F)cc2)nnc1C1CCCCC1. The van der Waals surface area contributed by atoms with Gasteiger partial charge in [-0.25, -0.2) is 4.39 Å². The number of ether oxygens (including phenoxy) is 1. The van der Waals surface area contributed by atoms with Crippen LogP contribution in [0, 0.1) is 5.82 Å². The third-order valence-electron chi connectivity index (χ3n) is 4.12. The highest BCUT2D eigenvalue weighted by Crippen LogP contribution is 2.32. The van der Waals surface area contributed by atoms with Crippen molar-refractivity contribution in [3.8, 4) is 6.01 Å². The van der Waals surface area contributed by atoms with E-state index in [1.807, 2.05) is 11.6 Å². The van der Waals surface area contributed by atoms with Crippen LogP contribution >= 0.6 is 0 Å². The fourth-order valence-corrected chi connectivity index (χ4v) is 2.90. The molecule has 1 fully saturated rings. The lowest BCUT2D eigenvalue weighted by Crippen LogP contribution is -2.11. The van der Waals surface area contributed by atoms with Crippen molar-refractivity contribution >= 4 is 0 Å². The van der Waals surface area contributed by atoms with Gasteiger partial charge in [-0.1, -0.05) is 36.5 Å². The first-order valence-electron chi connectivity index (χ1n) is 7.50. The Morgan fingerprint density at radius 3 is 2.57 bits per heavy atom. The van der Waals surface area contributed by atoms with E-state index in [2.05, 4.69) is 10.2 Å². The summed E-state index contributed by atoms with van der Waals surface area (Å²) in [6, 6.07) is 6.83. The van der Waals surface area contributed by atoms with Gasteiger partial charge < -0.3 is 4.74 Å². The highest BCUT2D eigenvalue weighted by Gasteiger charge is 2.22. The fraction of sp³-hybridized carbons (Fsp3) is 0.500. The summed E-state index contributed by atoms with van der Waals surface area (Å²) in [5.74, 6) is 1.28. The van der Waals surface area contributed by atoms with Gasteiger partial charge in [-0.3, -0.25) is 4.57 Å². The van der Waals surface area contributed by atoms with Gasteiger partial charge in [-0.15, -0.1) is 5.10 Å². The predicted molar refractivity (Wildman–Crippen MR) is 77.6 cm³/mol. The summed E-state index contributed by atoms with van der Waals surface area (Å²) < 4.78 is 20.5. The molecule has 0 N–H and O–H groups in total. The van der Waals surface area contributed by atoms with E-state index in [0.29, 0.717) is 18.5 Å². The predicted octanol–water partition coefficient (Wildman–Crippen LogP) is 3.58. The number of hydrogen-bond acceptors (Lipinski definition) is 3. The van der Waals surface area contributed by atoms with Gasteiger partial charge in [0.1, 0.15) is 18.2 Å². The summed E-state index contributed by atoms with van der Waals surface area (Å²) in [4.78, 5) is 0. The van der Waals surface area contributed by atoms with Crippen LogP contribution in [0.25, 0.3) is 0 Å². The van der Waals surface area contributed by atoms with Crippen molar-refractivity contribution in [1.82, 2.24) is 14.8 Å². The van der Waals surface area contributed by atoms with E-state index in [4.69, 9.17) is 4.74 Å². The quantitative estimate of drug-likeness (QED) is 0.863. The molecule has 0 bridgehead atoms. The summed E-state index contributed by atoms with van der Waals surface area (Å²) in [6.45, 7) is 0.372. The number of rotatable bonds is 4. The molecule has 0 radical (unpaired) electrons. The first kappa shape index (κ1) is 14.0. The number of halogens is 1. The van der Waals surface area contributed by atoms with Crippen LogP contribution in [0.3, 0.4) is 0 Å². The minimum absolute atomic E-state index is 0.239. The average molecular weight is 289 g/mol. The van der Waals surface area contributed by atoms with Gasteiger partial charge in [0.05, 0.1) is 0 Å². The van der Waals surface area contributed by atoms with Crippen LogP contribution in [0.15, 0.2) is 24.3 Å². The first-order valence-corrected chi connectivity index (χ1v) is 7.50. The highest BCUT2D eigenvalue weighted by molar-refractivity contribution is 5.16. The van der Waals surface area contributed by atoms with E-state index < -0.39 is 0 Å². The maximum Gasteiger partial charge on any atom is 0.317 e. The molecule has 0 aliphatic heterocycles. The van der Waals surface area contributed by atoms with Gasteiger partial charge in [-0.2, -0.15) is 0 Å². The highest BCUT2D eigenvalue weighted by atomic mass is 19.1. The molecule has 4 nitrogen and oxygen atoms in total. The molecule has 0 unspecified atom stereocenters. The maximum absolute atomic E-state index is 12.9. The van der Waals surface area contributed by atoms with Crippen LogP contribution in [0.4, 0.5) is 4.39 Å². The van der Waals surface area contributed by atoms with E-state index in [-0.39, 0.29) is 5.82 Å². The molecule has 1 saturated carbocycles. The van der Waals surface area contributed by atoms with E-state index in [9.17, 15) is 4.39 Å². The van der Waals surface area contributed by atoms with Crippen molar-refractivity contribution in [3.63, 3.8) is 0 Å². The maximum atomic E-state index is 12.9. The molecule has 112 valence electrons. The molecular weight excluding hydrogens is 269 g/mol. The second-order valence-corrected chi connectivity index (χ2v) is 5.65. The summed E-state index contributed by atoms with van der Waals surface area (Å²) >= 11 is 0. The molecule has 0 spiro atoms. The van der Waals surface area contributed by atoms with Gasteiger partial charge in [0.25, 0.3) is 0 Å². The van der Waals surface area contributed by atoms with Gasteiger partial charge in [-0.05, 0) is 30.5 Å². The Morgan fingerprint density at radius 1 is 1.14 bits per heavy atom. The normalized spacial score (nSPS) is 16.1. The van der Waals surface area contributed by atoms with Crippen LogP contribution in [0.5, 0.6) is 6.01 Å². The standard InChI is InChI=1S/C16H20FN3O/c1-20-15(13-5-3-2-4-6-13)18-19-16(20)21-11-12-7-9-14(17)10-8-12/h7-10,13H,2-6,11H2,1H3. The lowest BCUT2D eigenvalue weighted by atomic mass is 9.89. The molecule has 0 saturated heterocycles. The van der Waals surface area contributed by atoms with Crippen molar-refractivity contribution in [1.29, 1.82) is 0 Å².